The molecule has 0 unspecified atom stereocenters. The molecule has 0 atom stereocenters. The third kappa shape index (κ3) is 2.71. The molecule has 4 nitrogen and oxygen atoms in total. The Morgan fingerprint density at radius 1 is 1.46 bits per heavy atom. The summed E-state index contributed by atoms with van der Waals surface area (Å²) >= 11 is 0. The van der Waals surface area contributed by atoms with Gasteiger partial charge in [0.05, 0.1) is 6.57 Å². The van der Waals surface area contributed by atoms with Crippen molar-refractivity contribution in [3.8, 4) is 0 Å². The molecule has 1 heterocycles. The van der Waals surface area contributed by atoms with Crippen molar-refractivity contribution in [2.75, 3.05) is 5.32 Å². The average Bonchev–Trinajstić information content (AvgIpc) is 2.02. The van der Waals surface area contributed by atoms with Crippen LogP contribution in [0.1, 0.15) is 20.8 Å². The summed E-state index contributed by atoms with van der Waals surface area (Å²) in [6.45, 7) is 12.9. The molecular formula is C9H12N4. The van der Waals surface area contributed by atoms with Gasteiger partial charge in [-0.3, -0.25) is 4.98 Å². The van der Waals surface area contributed by atoms with Crippen LogP contribution < -0.4 is 5.32 Å². The van der Waals surface area contributed by atoms with Gasteiger partial charge in [0.1, 0.15) is 12.1 Å². The molecule has 0 amide bonds. The summed E-state index contributed by atoms with van der Waals surface area (Å²) in [4.78, 5) is 11.1. The van der Waals surface area contributed by atoms with E-state index in [1.165, 1.54) is 12.5 Å². The van der Waals surface area contributed by atoms with Crippen LogP contribution in [0.2, 0.25) is 0 Å². The van der Waals surface area contributed by atoms with Crippen molar-refractivity contribution in [2.24, 2.45) is 0 Å². The fraction of sp³-hybridized carbons (Fsp3) is 0.444. The van der Waals surface area contributed by atoms with Crippen molar-refractivity contribution in [3.63, 3.8) is 0 Å². The normalized spacial score (nSPS) is 10.6. The SMILES string of the molecule is [C-]#[N+]c1cncnc1NC(C)(C)C. The molecule has 1 N–H and O–H groups in total. The zero-order valence-electron chi connectivity index (χ0n) is 8.00. The topological polar surface area (TPSA) is 42.2 Å². The van der Waals surface area contributed by atoms with Gasteiger partial charge in [-0.25, -0.2) is 9.83 Å². The van der Waals surface area contributed by atoms with E-state index < -0.39 is 0 Å². The van der Waals surface area contributed by atoms with Crippen LogP contribution in [-0.2, 0) is 0 Å². The molecule has 0 saturated carbocycles. The van der Waals surface area contributed by atoms with Gasteiger partial charge in [0.15, 0.2) is 0 Å². The quantitative estimate of drug-likeness (QED) is 0.667. The molecule has 0 aromatic carbocycles. The molecule has 0 aliphatic heterocycles. The van der Waals surface area contributed by atoms with Gasteiger partial charge in [0.25, 0.3) is 0 Å². The van der Waals surface area contributed by atoms with Crippen LogP contribution in [0.15, 0.2) is 12.5 Å². The van der Waals surface area contributed by atoms with E-state index in [0.29, 0.717) is 11.5 Å². The van der Waals surface area contributed by atoms with Crippen LogP contribution in [0.25, 0.3) is 4.85 Å². The first-order chi connectivity index (χ1) is 6.03. The minimum Gasteiger partial charge on any atom is -0.374 e. The average molecular weight is 176 g/mol. The highest BCUT2D eigenvalue weighted by Crippen LogP contribution is 2.22. The Morgan fingerprint density at radius 3 is 2.69 bits per heavy atom. The van der Waals surface area contributed by atoms with Gasteiger partial charge in [-0.15, -0.1) is 0 Å². The van der Waals surface area contributed by atoms with E-state index in [-0.39, 0.29) is 5.54 Å². The summed E-state index contributed by atoms with van der Waals surface area (Å²) in [6, 6.07) is 0. The molecule has 0 fully saturated rings. The van der Waals surface area contributed by atoms with Crippen LogP contribution >= 0.6 is 0 Å². The third-order valence-electron chi connectivity index (χ3n) is 1.31. The summed E-state index contributed by atoms with van der Waals surface area (Å²) in [5, 5.41) is 3.14. The lowest BCUT2D eigenvalue weighted by molar-refractivity contribution is 0.630. The second kappa shape index (κ2) is 3.40. The molecule has 1 rings (SSSR count). The molecular weight excluding hydrogens is 164 g/mol. The van der Waals surface area contributed by atoms with E-state index in [1.807, 2.05) is 20.8 Å². The van der Waals surface area contributed by atoms with E-state index in [2.05, 4.69) is 20.1 Å². The van der Waals surface area contributed by atoms with Gasteiger partial charge in [0.2, 0.25) is 5.69 Å². The fourth-order valence-corrected chi connectivity index (χ4v) is 0.856. The predicted molar refractivity (Wildman–Crippen MR) is 51.7 cm³/mol. The molecule has 0 aliphatic carbocycles. The molecule has 68 valence electrons. The monoisotopic (exact) mass is 176 g/mol. The Balaban J connectivity index is 2.96. The fourth-order valence-electron chi connectivity index (χ4n) is 0.856. The first kappa shape index (κ1) is 9.46. The van der Waals surface area contributed by atoms with E-state index >= 15 is 0 Å². The van der Waals surface area contributed by atoms with Crippen LogP contribution in [0.3, 0.4) is 0 Å². The maximum Gasteiger partial charge on any atom is 0.246 e. The third-order valence-corrected chi connectivity index (χ3v) is 1.31. The lowest BCUT2D eigenvalue weighted by atomic mass is 10.1. The molecule has 0 spiro atoms. The number of aromatic nitrogens is 2. The van der Waals surface area contributed by atoms with Crippen LogP contribution in [0.4, 0.5) is 11.5 Å². The highest BCUT2D eigenvalue weighted by Gasteiger charge is 2.12. The van der Waals surface area contributed by atoms with Crippen LogP contribution in [0, 0.1) is 6.57 Å². The van der Waals surface area contributed by atoms with E-state index in [1.54, 1.807) is 0 Å². The van der Waals surface area contributed by atoms with Crippen molar-refractivity contribution < 1.29 is 0 Å². The number of nitrogens with one attached hydrogen (secondary N) is 1. The number of hydrogen-bond donors (Lipinski definition) is 1. The van der Waals surface area contributed by atoms with Crippen molar-refractivity contribution in [3.05, 3.63) is 23.9 Å². The first-order valence-electron chi connectivity index (χ1n) is 3.98. The summed E-state index contributed by atoms with van der Waals surface area (Å²) in [6.07, 6.45) is 2.94. The van der Waals surface area contributed by atoms with E-state index in [9.17, 15) is 0 Å². The highest BCUT2D eigenvalue weighted by atomic mass is 15.1. The van der Waals surface area contributed by atoms with Gasteiger partial charge in [-0.2, -0.15) is 0 Å². The Bertz CT molecular complexity index is 332. The Kier molecular flexibility index (Phi) is 2.47. The summed E-state index contributed by atoms with van der Waals surface area (Å²) in [5.41, 5.74) is 0.366. The standard InChI is InChI=1S/C9H12N4/c1-9(2,3)13-8-7(10-4)5-11-6-12-8/h5-6H,1-3H3,(H,11,12,13). The minimum atomic E-state index is -0.0895. The second-order valence-corrected chi connectivity index (χ2v) is 3.74. The smallest absolute Gasteiger partial charge is 0.246 e. The summed E-state index contributed by atoms with van der Waals surface area (Å²) in [5.74, 6) is 0.595. The summed E-state index contributed by atoms with van der Waals surface area (Å²) in [7, 11) is 0. The highest BCUT2D eigenvalue weighted by molar-refractivity contribution is 5.64. The van der Waals surface area contributed by atoms with Crippen molar-refractivity contribution in [1.29, 1.82) is 0 Å². The Hall–Kier alpha value is -1.63. The molecule has 0 saturated heterocycles. The Labute approximate surface area is 77.8 Å². The molecule has 0 radical (unpaired) electrons. The van der Waals surface area contributed by atoms with E-state index in [0.717, 1.165) is 0 Å². The molecule has 13 heavy (non-hydrogen) atoms. The lowest BCUT2D eigenvalue weighted by Crippen LogP contribution is -2.26. The number of anilines is 1. The number of hydrogen-bond acceptors (Lipinski definition) is 3. The molecule has 1 aromatic rings. The van der Waals surface area contributed by atoms with Crippen molar-refractivity contribution in [2.45, 2.75) is 26.3 Å². The van der Waals surface area contributed by atoms with Gasteiger partial charge in [-0.1, -0.05) is 0 Å². The predicted octanol–water partition coefficient (Wildman–Crippen LogP) is 2.24. The number of nitrogens with zero attached hydrogens (tertiary/aromatic N) is 3. The second-order valence-electron chi connectivity index (χ2n) is 3.74. The van der Waals surface area contributed by atoms with Gasteiger partial charge < -0.3 is 5.32 Å². The molecule has 1 aromatic heterocycles. The van der Waals surface area contributed by atoms with Gasteiger partial charge >= 0.3 is 0 Å². The maximum absolute atomic E-state index is 6.90. The first-order valence-corrected chi connectivity index (χ1v) is 3.98. The van der Waals surface area contributed by atoms with Gasteiger partial charge in [0, 0.05) is 11.7 Å². The van der Waals surface area contributed by atoms with Gasteiger partial charge in [-0.05, 0) is 20.8 Å². The Morgan fingerprint density at radius 2 is 2.15 bits per heavy atom. The van der Waals surface area contributed by atoms with Crippen molar-refractivity contribution >= 4 is 11.5 Å². The zero-order valence-corrected chi connectivity index (χ0v) is 8.00. The molecule has 0 aliphatic rings. The zero-order chi connectivity index (χ0) is 9.90. The maximum atomic E-state index is 6.90. The summed E-state index contributed by atoms with van der Waals surface area (Å²) < 4.78 is 0. The number of rotatable bonds is 1. The molecule has 4 heteroatoms. The van der Waals surface area contributed by atoms with E-state index in [4.69, 9.17) is 6.57 Å². The lowest BCUT2D eigenvalue weighted by Gasteiger charge is -2.21. The van der Waals surface area contributed by atoms with Crippen LogP contribution in [0.5, 0.6) is 0 Å². The minimum absolute atomic E-state index is 0.0895. The van der Waals surface area contributed by atoms with Crippen LogP contribution in [-0.4, -0.2) is 15.5 Å². The molecule has 0 bridgehead atoms. The van der Waals surface area contributed by atoms with Crippen molar-refractivity contribution in [1.82, 2.24) is 9.97 Å². The largest absolute Gasteiger partial charge is 0.374 e.